The smallest absolute Gasteiger partial charge is 0.148 e. The first-order chi connectivity index (χ1) is 30.7. The summed E-state index contributed by atoms with van der Waals surface area (Å²) in [6, 6.07) is 55.2. The number of para-hydroxylation sites is 2. The molecule has 0 spiro atoms. The van der Waals surface area contributed by atoms with E-state index in [9.17, 15) is 5.11 Å². The van der Waals surface area contributed by atoms with Crippen LogP contribution in [0.1, 0.15) is 67.2 Å². The SMILES string of the molecule is [2H]C([2H])([2H])c1cc(-c2c(C(C)C)cccc2C([2H])(C)C)ccc1-n1c(-c2ccccc2O)nc2c(-c3[c-]c(-c4cc(-c5ccc(C)cc5)ccn4)cc(-c4ccccc4)c3)cccc21.[Pt]. The molecule has 0 bridgehead atoms. The minimum absolute atomic E-state index is 0. The molecule has 0 radical (unpaired) electrons. The predicted molar refractivity (Wildman–Crippen MR) is 250 cm³/mol. The number of fused-ring (bicyclic) bond motifs is 1. The fraction of sp³-hybridized carbons (Fsp3) is 0.143. The molecule has 61 heavy (non-hydrogen) atoms. The van der Waals surface area contributed by atoms with Crippen LogP contribution >= 0.6 is 0 Å². The molecule has 0 saturated heterocycles. The second kappa shape index (κ2) is 17.3. The summed E-state index contributed by atoms with van der Waals surface area (Å²) in [5.41, 5.74) is 14.2. The van der Waals surface area contributed by atoms with Crippen molar-refractivity contribution in [3.63, 3.8) is 0 Å². The topological polar surface area (TPSA) is 50.9 Å². The number of aryl methyl sites for hydroxylation is 2. The van der Waals surface area contributed by atoms with Crippen LogP contribution in [0.15, 0.2) is 164 Å². The molecule has 9 rings (SSSR count). The van der Waals surface area contributed by atoms with E-state index < -0.39 is 12.7 Å². The Morgan fingerprint density at radius 3 is 2.08 bits per heavy atom. The van der Waals surface area contributed by atoms with Crippen molar-refractivity contribution in [2.75, 3.05) is 0 Å². The third-order valence-electron chi connectivity index (χ3n) is 11.3. The van der Waals surface area contributed by atoms with Crippen molar-refractivity contribution in [3.8, 4) is 78.6 Å². The van der Waals surface area contributed by atoms with E-state index >= 15 is 0 Å². The van der Waals surface area contributed by atoms with Gasteiger partial charge in [-0.05, 0) is 106 Å². The van der Waals surface area contributed by atoms with Crippen molar-refractivity contribution < 1.29 is 31.7 Å². The number of phenols is 1. The molecule has 304 valence electrons. The third-order valence-corrected chi connectivity index (χ3v) is 11.3. The molecule has 0 aliphatic rings. The molecule has 1 N–H and O–H groups in total. The Hall–Kier alpha value is -6.35. The number of imidazole rings is 1. The Morgan fingerprint density at radius 1 is 0.639 bits per heavy atom. The Labute approximate surface area is 379 Å². The van der Waals surface area contributed by atoms with Crippen LogP contribution in [-0.4, -0.2) is 19.6 Å². The molecular formula is C56H48N3OPt-. The number of rotatable bonds is 9. The monoisotopic (exact) mass is 977 g/mol. The molecule has 0 amide bonds. The molecule has 9 aromatic rings. The second-order valence-corrected chi connectivity index (χ2v) is 16.0. The van der Waals surface area contributed by atoms with E-state index in [0.29, 0.717) is 28.1 Å². The summed E-state index contributed by atoms with van der Waals surface area (Å²) < 4.78 is 37.9. The minimum Gasteiger partial charge on any atom is -0.507 e. The van der Waals surface area contributed by atoms with Crippen LogP contribution in [0.2, 0.25) is 0 Å². The number of aromatic nitrogens is 3. The Morgan fingerprint density at radius 2 is 1.33 bits per heavy atom. The normalized spacial score (nSPS) is 12.7. The summed E-state index contributed by atoms with van der Waals surface area (Å²) in [7, 11) is 0. The molecule has 0 saturated carbocycles. The van der Waals surface area contributed by atoms with Crippen molar-refractivity contribution in [3.05, 3.63) is 192 Å². The maximum atomic E-state index is 11.4. The minimum atomic E-state index is -2.55. The second-order valence-electron chi connectivity index (χ2n) is 16.0. The Kier molecular flexibility index (Phi) is 10.4. The third kappa shape index (κ3) is 8.01. The summed E-state index contributed by atoms with van der Waals surface area (Å²) in [5, 5.41) is 11.4. The van der Waals surface area contributed by atoms with Gasteiger partial charge in [-0.25, -0.2) is 4.98 Å². The van der Waals surface area contributed by atoms with E-state index in [1.807, 2.05) is 97.4 Å². The standard InChI is InChI=1S/C56H48N3O.Pt/c1-35(2)46-17-12-18-47(36(3)4)54(46)42-26-27-51(38(6)30-42)59-52-20-13-19-48(55(52)58-56(59)49-16-10-11-21-53(49)60)44-31-43(39-14-8-7-9-15-39)32-45(33-44)50-34-41(28-29-57-50)40-24-22-37(5)23-25-40;/h7-32,34-36,60H,1-6H3;/q-1;/i6D3,35D;. The number of phenolic OH excluding ortho intramolecular Hbond substituents is 1. The number of aromatic hydroxyl groups is 1. The van der Waals surface area contributed by atoms with E-state index in [0.717, 1.165) is 66.9 Å². The Bertz CT molecular complexity index is 3190. The molecule has 2 aromatic heterocycles. The first-order valence-corrected chi connectivity index (χ1v) is 20.4. The van der Waals surface area contributed by atoms with Crippen LogP contribution in [0.25, 0.3) is 83.9 Å². The van der Waals surface area contributed by atoms with Crippen molar-refractivity contribution >= 4 is 11.0 Å². The average Bonchev–Trinajstić information content (AvgIpc) is 3.68. The summed E-state index contributed by atoms with van der Waals surface area (Å²) in [6.45, 7) is 7.47. The summed E-state index contributed by atoms with van der Waals surface area (Å²) in [4.78, 5) is 10.2. The van der Waals surface area contributed by atoms with Gasteiger partial charge in [0.2, 0.25) is 0 Å². The predicted octanol–water partition coefficient (Wildman–Crippen LogP) is 14.8. The van der Waals surface area contributed by atoms with Crippen LogP contribution < -0.4 is 0 Å². The van der Waals surface area contributed by atoms with Crippen molar-refractivity contribution in [2.24, 2.45) is 0 Å². The molecule has 7 aromatic carbocycles. The largest absolute Gasteiger partial charge is 0.507 e. The van der Waals surface area contributed by atoms with E-state index in [4.69, 9.17) is 15.5 Å². The molecule has 0 fully saturated rings. The molecule has 5 heteroatoms. The zero-order chi connectivity index (χ0) is 44.9. The van der Waals surface area contributed by atoms with Gasteiger partial charge in [0.25, 0.3) is 0 Å². The van der Waals surface area contributed by atoms with Gasteiger partial charge in [0.15, 0.2) is 0 Å². The fourth-order valence-electron chi connectivity index (χ4n) is 8.23. The van der Waals surface area contributed by atoms with Crippen LogP contribution in [0.3, 0.4) is 0 Å². The summed E-state index contributed by atoms with van der Waals surface area (Å²) in [5.74, 6) is -0.410. The molecule has 0 aliphatic carbocycles. The van der Waals surface area contributed by atoms with Crippen LogP contribution in [0.5, 0.6) is 5.75 Å². The maximum Gasteiger partial charge on any atom is 0.148 e. The van der Waals surface area contributed by atoms with Crippen molar-refractivity contribution in [1.82, 2.24) is 14.5 Å². The van der Waals surface area contributed by atoms with E-state index in [1.54, 1.807) is 24.3 Å². The molecule has 0 atom stereocenters. The summed E-state index contributed by atoms with van der Waals surface area (Å²) in [6.07, 6.45) is 1.83. The maximum absolute atomic E-state index is 11.4. The zero-order valence-corrected chi connectivity index (χ0v) is 37.0. The first-order valence-electron chi connectivity index (χ1n) is 22.4. The first kappa shape index (κ1) is 36.5. The van der Waals surface area contributed by atoms with Gasteiger partial charge in [0.05, 0.1) is 22.3 Å². The quantitative estimate of drug-likeness (QED) is 0.147. The number of hydrogen-bond donors (Lipinski definition) is 1. The molecule has 0 aliphatic heterocycles. The molecule has 0 unspecified atom stereocenters. The van der Waals surface area contributed by atoms with Gasteiger partial charge in [-0.2, -0.15) is 0 Å². The average molecular weight is 978 g/mol. The van der Waals surface area contributed by atoms with Gasteiger partial charge in [0, 0.05) is 38.4 Å². The van der Waals surface area contributed by atoms with Crippen LogP contribution in [0, 0.1) is 19.8 Å². The van der Waals surface area contributed by atoms with Gasteiger partial charge in [-0.15, -0.1) is 23.8 Å². The van der Waals surface area contributed by atoms with Gasteiger partial charge in [-0.3, -0.25) is 9.55 Å². The summed E-state index contributed by atoms with van der Waals surface area (Å²) >= 11 is 0. The number of pyridine rings is 1. The van der Waals surface area contributed by atoms with E-state index in [-0.39, 0.29) is 38.3 Å². The van der Waals surface area contributed by atoms with E-state index in [2.05, 4.69) is 87.5 Å². The molecule has 4 nitrogen and oxygen atoms in total. The van der Waals surface area contributed by atoms with Gasteiger partial charge in [-0.1, -0.05) is 159 Å². The van der Waals surface area contributed by atoms with Gasteiger partial charge < -0.3 is 5.11 Å². The van der Waals surface area contributed by atoms with Gasteiger partial charge in [0.1, 0.15) is 11.6 Å². The molecular weight excluding hydrogens is 926 g/mol. The zero-order valence-electron chi connectivity index (χ0n) is 38.8. The number of benzene rings is 7. The molecule has 2 heterocycles. The van der Waals surface area contributed by atoms with E-state index in [1.165, 1.54) is 5.56 Å². The Balaban J connectivity index is 0.00000576. The number of nitrogens with zero attached hydrogens (tertiary/aromatic N) is 3. The van der Waals surface area contributed by atoms with Crippen LogP contribution in [0.4, 0.5) is 0 Å². The van der Waals surface area contributed by atoms with Crippen molar-refractivity contribution in [1.29, 1.82) is 0 Å². The van der Waals surface area contributed by atoms with Crippen LogP contribution in [-0.2, 0) is 21.1 Å². The fourth-order valence-corrected chi connectivity index (χ4v) is 8.23. The van der Waals surface area contributed by atoms with Gasteiger partial charge >= 0.3 is 0 Å². The number of hydrogen-bond acceptors (Lipinski definition) is 3. The van der Waals surface area contributed by atoms with Crippen molar-refractivity contribution in [2.45, 2.75) is 53.3 Å².